The molecule has 12 nitrogen and oxygen atoms in total. The molecule has 5 aromatic rings. The van der Waals surface area contributed by atoms with Crippen molar-refractivity contribution in [2.24, 2.45) is 10.2 Å². The Kier molecular flexibility index (Phi) is 15.1. The molecule has 0 aliphatic heterocycles. The van der Waals surface area contributed by atoms with E-state index >= 15 is 0 Å². The van der Waals surface area contributed by atoms with Gasteiger partial charge in [0.2, 0.25) is 0 Å². The van der Waals surface area contributed by atoms with E-state index in [4.69, 9.17) is 18.9 Å². The van der Waals surface area contributed by atoms with Gasteiger partial charge in [-0.15, -0.1) is 5.11 Å². The largest absolute Gasteiger partial charge is 0.488 e. The van der Waals surface area contributed by atoms with E-state index in [9.17, 15) is 19.2 Å². The first-order valence-electron chi connectivity index (χ1n) is 17.8. The molecule has 55 heavy (non-hydrogen) atoms. The van der Waals surface area contributed by atoms with Crippen LogP contribution in [0.15, 0.2) is 144 Å². The van der Waals surface area contributed by atoms with Gasteiger partial charge in [0.25, 0.3) is 0 Å². The number of methoxy groups -OCH3 is 1. The van der Waals surface area contributed by atoms with Crippen LogP contribution < -0.4 is 15.4 Å². The van der Waals surface area contributed by atoms with Gasteiger partial charge in [0.05, 0.1) is 18.4 Å². The Balaban J connectivity index is 1.01. The number of rotatable bonds is 19. The molecule has 0 radical (unpaired) electrons. The summed E-state index contributed by atoms with van der Waals surface area (Å²) in [6.07, 6.45) is 3.86. The number of alkyl carbamates (subject to hydrolysis) is 1. The van der Waals surface area contributed by atoms with Gasteiger partial charge >= 0.3 is 18.0 Å². The molecule has 0 spiro atoms. The van der Waals surface area contributed by atoms with E-state index < -0.39 is 24.1 Å². The van der Waals surface area contributed by atoms with Crippen molar-refractivity contribution < 1.29 is 38.1 Å². The summed E-state index contributed by atoms with van der Waals surface area (Å²) in [6.45, 7) is 0.711. The zero-order chi connectivity index (χ0) is 38.7. The average Bonchev–Trinajstić information content (AvgIpc) is 3.23. The van der Waals surface area contributed by atoms with Crippen LogP contribution in [0.4, 0.5) is 16.2 Å². The zero-order valence-corrected chi connectivity index (χ0v) is 30.4. The van der Waals surface area contributed by atoms with Crippen LogP contribution in [0.1, 0.15) is 45.5 Å². The van der Waals surface area contributed by atoms with E-state index in [0.717, 1.165) is 16.3 Å². The van der Waals surface area contributed by atoms with E-state index in [0.29, 0.717) is 54.1 Å². The molecular formula is C43H42N4O8. The van der Waals surface area contributed by atoms with Crippen molar-refractivity contribution in [2.75, 3.05) is 26.9 Å². The summed E-state index contributed by atoms with van der Waals surface area (Å²) >= 11 is 0. The molecule has 0 aliphatic rings. The number of ether oxygens (including phenoxy) is 4. The number of amides is 1. The summed E-state index contributed by atoms with van der Waals surface area (Å²) in [6, 6.07) is 35.5. The van der Waals surface area contributed by atoms with Gasteiger partial charge in [-0.25, -0.2) is 14.4 Å². The van der Waals surface area contributed by atoms with Crippen LogP contribution in [0.5, 0.6) is 5.75 Å². The van der Waals surface area contributed by atoms with Crippen LogP contribution in [-0.4, -0.2) is 56.7 Å². The maximum atomic E-state index is 12.7. The highest BCUT2D eigenvalue weighted by atomic mass is 16.6. The summed E-state index contributed by atoms with van der Waals surface area (Å²) in [7, 11) is 1.26. The molecule has 0 saturated heterocycles. The van der Waals surface area contributed by atoms with Gasteiger partial charge in [0, 0.05) is 29.8 Å². The standard InChI is InChI=1S/C43H42N4O8/c1-52-42(50)37(45-43(51)55-30-31-12-4-2-5-13-31)18-10-11-26-44-27-25-38(48)33-19-21-34(22-20-33)41(49)54-29-28-53-39-24-23-32-14-8-9-17-36(32)40(39)47-46-35-15-6-3-7-16-35/h2-9,12-17,19-25,27,37,44H,10-11,18,26,28-30H2,1H3,(H,45,51)/b27-25-,47-46?/t37-/m0/s1. The smallest absolute Gasteiger partial charge is 0.408 e. The molecule has 282 valence electrons. The van der Waals surface area contributed by atoms with Gasteiger partial charge in [-0.3, -0.25) is 4.79 Å². The second kappa shape index (κ2) is 21.0. The van der Waals surface area contributed by atoms with E-state index in [2.05, 4.69) is 20.9 Å². The molecule has 1 amide bonds. The molecule has 1 atom stereocenters. The zero-order valence-electron chi connectivity index (χ0n) is 30.4. The van der Waals surface area contributed by atoms with E-state index in [1.54, 1.807) is 18.3 Å². The molecule has 0 heterocycles. The lowest BCUT2D eigenvalue weighted by molar-refractivity contribution is -0.143. The van der Waals surface area contributed by atoms with E-state index in [-0.39, 0.29) is 25.6 Å². The Morgan fingerprint density at radius 1 is 0.727 bits per heavy atom. The Morgan fingerprint density at radius 2 is 1.44 bits per heavy atom. The van der Waals surface area contributed by atoms with Crippen molar-refractivity contribution in [3.8, 4) is 5.75 Å². The fourth-order valence-electron chi connectivity index (χ4n) is 5.38. The lowest BCUT2D eigenvalue weighted by Gasteiger charge is -2.16. The number of azo groups is 1. The van der Waals surface area contributed by atoms with Gasteiger partial charge in [-0.2, -0.15) is 5.11 Å². The molecule has 5 rings (SSSR count). The normalized spacial score (nSPS) is 11.6. The van der Waals surface area contributed by atoms with Gasteiger partial charge in [0.1, 0.15) is 37.3 Å². The summed E-state index contributed by atoms with van der Waals surface area (Å²) in [5.41, 5.74) is 2.82. The highest BCUT2D eigenvalue weighted by Gasteiger charge is 2.22. The predicted molar refractivity (Wildman–Crippen MR) is 208 cm³/mol. The topological polar surface area (TPSA) is 154 Å². The number of ketones is 1. The Labute approximate surface area is 319 Å². The molecule has 12 heteroatoms. The van der Waals surface area contributed by atoms with Gasteiger partial charge < -0.3 is 29.6 Å². The third-order valence-corrected chi connectivity index (χ3v) is 8.27. The SMILES string of the molecule is COC(=O)[C@H](CCCCN/C=C\C(=O)c1ccc(C(=O)OCCOc2ccc3ccccc3c2N=Nc2ccccc2)cc1)NC(=O)OCc1ccccc1. The lowest BCUT2D eigenvalue weighted by Crippen LogP contribution is -2.41. The minimum Gasteiger partial charge on any atom is -0.488 e. The summed E-state index contributed by atoms with van der Waals surface area (Å²) < 4.78 is 21.4. The van der Waals surface area contributed by atoms with Crippen LogP contribution in [0.2, 0.25) is 0 Å². The molecular weight excluding hydrogens is 700 g/mol. The average molecular weight is 743 g/mol. The first-order chi connectivity index (χ1) is 26.9. The number of carbonyl (C=O) groups is 4. The lowest BCUT2D eigenvalue weighted by atomic mass is 10.1. The molecule has 0 bridgehead atoms. The van der Waals surface area contributed by atoms with Crippen LogP contribution >= 0.6 is 0 Å². The first-order valence-corrected chi connectivity index (χ1v) is 17.8. The summed E-state index contributed by atoms with van der Waals surface area (Å²) in [5.74, 6) is -0.840. The van der Waals surface area contributed by atoms with Crippen molar-refractivity contribution in [3.05, 3.63) is 150 Å². The summed E-state index contributed by atoms with van der Waals surface area (Å²) in [5, 5.41) is 16.3. The molecule has 0 aromatic heterocycles. The predicted octanol–water partition coefficient (Wildman–Crippen LogP) is 8.42. The molecule has 0 saturated carbocycles. The Bertz CT molecular complexity index is 2090. The minimum absolute atomic E-state index is 0.00281. The van der Waals surface area contributed by atoms with Crippen molar-refractivity contribution in [3.63, 3.8) is 0 Å². The monoisotopic (exact) mass is 742 g/mol. The van der Waals surface area contributed by atoms with Crippen molar-refractivity contribution in [2.45, 2.75) is 31.9 Å². The fraction of sp³-hybridized carbons (Fsp3) is 0.209. The molecule has 5 aromatic carbocycles. The van der Waals surface area contributed by atoms with Crippen LogP contribution in [0.3, 0.4) is 0 Å². The van der Waals surface area contributed by atoms with E-state index in [1.165, 1.54) is 25.3 Å². The minimum atomic E-state index is -0.842. The second-order valence-corrected chi connectivity index (χ2v) is 12.2. The number of hydrogen-bond donors (Lipinski definition) is 2. The molecule has 0 aliphatic carbocycles. The quantitative estimate of drug-likeness (QED) is 0.0212. The van der Waals surface area contributed by atoms with Crippen molar-refractivity contribution in [1.82, 2.24) is 10.6 Å². The maximum absolute atomic E-state index is 12.7. The number of hydrogen-bond acceptors (Lipinski definition) is 11. The third kappa shape index (κ3) is 12.4. The van der Waals surface area contributed by atoms with Crippen LogP contribution in [0, 0.1) is 0 Å². The second-order valence-electron chi connectivity index (χ2n) is 12.2. The fourth-order valence-corrected chi connectivity index (χ4v) is 5.38. The number of esters is 2. The molecule has 2 N–H and O–H groups in total. The van der Waals surface area contributed by atoms with Gasteiger partial charge in [-0.05, 0) is 60.5 Å². The third-order valence-electron chi connectivity index (χ3n) is 8.27. The highest BCUT2D eigenvalue weighted by Crippen LogP contribution is 2.37. The molecule has 0 unspecified atom stereocenters. The van der Waals surface area contributed by atoms with Crippen LogP contribution in [0.25, 0.3) is 10.8 Å². The number of nitrogens with zero attached hydrogens (tertiary/aromatic N) is 2. The van der Waals surface area contributed by atoms with Gasteiger partial charge in [-0.1, -0.05) is 91.0 Å². The first kappa shape index (κ1) is 39.4. The van der Waals surface area contributed by atoms with Crippen molar-refractivity contribution in [1.29, 1.82) is 0 Å². The highest BCUT2D eigenvalue weighted by molar-refractivity contribution is 6.05. The number of benzene rings is 5. The van der Waals surface area contributed by atoms with Crippen LogP contribution in [-0.2, 0) is 25.6 Å². The number of allylic oxidation sites excluding steroid dienone is 1. The maximum Gasteiger partial charge on any atom is 0.408 e. The molecule has 0 fully saturated rings. The Morgan fingerprint density at radius 3 is 2.20 bits per heavy atom. The van der Waals surface area contributed by atoms with Gasteiger partial charge in [0.15, 0.2) is 5.78 Å². The Hall–Kier alpha value is -6.82. The van der Waals surface area contributed by atoms with Crippen molar-refractivity contribution >= 4 is 46.0 Å². The summed E-state index contributed by atoms with van der Waals surface area (Å²) in [4.78, 5) is 49.7. The number of fused-ring (bicyclic) bond motifs is 1. The van der Waals surface area contributed by atoms with E-state index in [1.807, 2.05) is 97.1 Å². The number of nitrogens with one attached hydrogen (secondary N) is 2. The number of carbonyl (C=O) groups excluding carboxylic acids is 4. The number of unbranched alkanes of at least 4 members (excludes halogenated alkanes) is 1.